The summed E-state index contributed by atoms with van der Waals surface area (Å²) in [5.74, 6) is -2.14. The van der Waals surface area contributed by atoms with E-state index in [9.17, 15) is 13.6 Å². The van der Waals surface area contributed by atoms with Crippen molar-refractivity contribution in [1.82, 2.24) is 0 Å². The number of hydrogen-bond acceptors (Lipinski definition) is 3. The van der Waals surface area contributed by atoms with Crippen LogP contribution in [-0.2, 0) is 6.54 Å². The lowest BCUT2D eigenvalue weighted by Gasteiger charge is -2.08. The summed E-state index contributed by atoms with van der Waals surface area (Å²) in [6, 6.07) is 3.63. The van der Waals surface area contributed by atoms with Crippen LogP contribution in [-0.4, -0.2) is 11.1 Å². The molecule has 106 valence electrons. The van der Waals surface area contributed by atoms with Crippen molar-refractivity contribution in [2.75, 3.05) is 5.32 Å². The fourth-order valence-corrected chi connectivity index (χ4v) is 2.85. The summed E-state index contributed by atoms with van der Waals surface area (Å²) >= 11 is 4.05. The van der Waals surface area contributed by atoms with Crippen LogP contribution in [0.15, 0.2) is 22.7 Å². The minimum Gasteiger partial charge on any atom is -0.477 e. The molecular formula is C13H10BrF2NO2S. The Morgan fingerprint density at radius 1 is 1.35 bits per heavy atom. The van der Waals surface area contributed by atoms with Gasteiger partial charge in [0, 0.05) is 17.5 Å². The molecule has 0 saturated heterocycles. The molecule has 1 aromatic heterocycles. The number of thiophene rings is 1. The summed E-state index contributed by atoms with van der Waals surface area (Å²) in [6.07, 6.45) is 0. The Hall–Kier alpha value is -1.47. The zero-order valence-corrected chi connectivity index (χ0v) is 12.7. The third-order valence-electron chi connectivity index (χ3n) is 2.71. The van der Waals surface area contributed by atoms with E-state index in [1.54, 1.807) is 6.92 Å². The molecule has 3 nitrogen and oxygen atoms in total. The predicted octanol–water partition coefficient (Wildman–Crippen LogP) is 4.41. The highest BCUT2D eigenvalue weighted by atomic mass is 79.9. The van der Waals surface area contributed by atoms with E-state index < -0.39 is 17.6 Å². The first kappa shape index (κ1) is 14.9. The molecule has 2 N–H and O–H groups in total. The first-order valence-corrected chi connectivity index (χ1v) is 7.20. The lowest BCUT2D eigenvalue weighted by molar-refractivity contribution is 0.0702. The van der Waals surface area contributed by atoms with Gasteiger partial charge in [-0.2, -0.15) is 0 Å². The molecule has 0 radical (unpaired) electrons. The lowest BCUT2D eigenvalue weighted by atomic mass is 10.2. The highest BCUT2D eigenvalue weighted by Crippen LogP contribution is 2.26. The van der Waals surface area contributed by atoms with E-state index in [4.69, 9.17) is 5.11 Å². The summed E-state index contributed by atoms with van der Waals surface area (Å²) < 4.78 is 27.0. The number of aryl methyl sites for hydroxylation is 1. The van der Waals surface area contributed by atoms with Gasteiger partial charge in [-0.05, 0) is 40.5 Å². The molecule has 0 fully saturated rings. The SMILES string of the molecule is Cc1sc(C(=O)O)cc1CNc1cc(F)c(Br)cc1F. The van der Waals surface area contributed by atoms with E-state index in [1.807, 2.05) is 0 Å². The number of benzene rings is 1. The third-order valence-corrected chi connectivity index (χ3v) is 4.40. The molecule has 2 rings (SSSR count). The van der Waals surface area contributed by atoms with Gasteiger partial charge >= 0.3 is 5.97 Å². The first-order chi connectivity index (χ1) is 9.38. The van der Waals surface area contributed by atoms with Crippen molar-refractivity contribution in [3.05, 3.63) is 49.6 Å². The van der Waals surface area contributed by atoms with Crippen molar-refractivity contribution < 1.29 is 18.7 Å². The molecule has 0 spiro atoms. The average molecular weight is 362 g/mol. The second-order valence-corrected chi connectivity index (χ2v) is 6.21. The standard InChI is InChI=1S/C13H10BrF2NO2S/c1-6-7(2-12(20-6)13(18)19)5-17-11-4-9(15)8(14)3-10(11)16/h2-4,17H,5H2,1H3,(H,18,19). The van der Waals surface area contributed by atoms with E-state index >= 15 is 0 Å². The molecule has 1 heterocycles. The number of rotatable bonds is 4. The molecule has 7 heteroatoms. The van der Waals surface area contributed by atoms with Crippen LogP contribution in [0.5, 0.6) is 0 Å². The molecule has 0 aliphatic carbocycles. The van der Waals surface area contributed by atoms with Gasteiger partial charge in [-0.15, -0.1) is 11.3 Å². The summed E-state index contributed by atoms with van der Waals surface area (Å²) in [5.41, 5.74) is 0.781. The van der Waals surface area contributed by atoms with Gasteiger partial charge in [0.2, 0.25) is 0 Å². The number of carboxylic acids is 1. The van der Waals surface area contributed by atoms with Crippen LogP contribution in [0.1, 0.15) is 20.1 Å². The zero-order valence-electron chi connectivity index (χ0n) is 10.3. The Bertz CT molecular complexity index is 673. The van der Waals surface area contributed by atoms with Gasteiger partial charge in [0.1, 0.15) is 16.5 Å². The average Bonchev–Trinajstić information content (AvgIpc) is 2.74. The largest absolute Gasteiger partial charge is 0.477 e. The molecule has 2 aromatic rings. The second kappa shape index (κ2) is 5.88. The fourth-order valence-electron chi connectivity index (χ4n) is 1.65. The van der Waals surface area contributed by atoms with E-state index in [1.165, 1.54) is 6.07 Å². The summed E-state index contributed by atoms with van der Waals surface area (Å²) in [6.45, 7) is 2.01. The van der Waals surface area contributed by atoms with Crippen LogP contribution < -0.4 is 5.32 Å². The molecule has 0 aliphatic rings. The zero-order chi connectivity index (χ0) is 14.9. The molecule has 0 bridgehead atoms. The Labute approximate surface area is 126 Å². The molecule has 0 saturated carbocycles. The van der Waals surface area contributed by atoms with Gasteiger partial charge in [-0.1, -0.05) is 0 Å². The van der Waals surface area contributed by atoms with Crippen molar-refractivity contribution in [3.8, 4) is 0 Å². The van der Waals surface area contributed by atoms with E-state index in [0.29, 0.717) is 0 Å². The van der Waals surface area contributed by atoms with Gasteiger partial charge in [-0.25, -0.2) is 13.6 Å². The smallest absolute Gasteiger partial charge is 0.345 e. The van der Waals surface area contributed by atoms with Crippen molar-refractivity contribution in [3.63, 3.8) is 0 Å². The van der Waals surface area contributed by atoms with Crippen LogP contribution in [0.3, 0.4) is 0 Å². The molecule has 1 aromatic carbocycles. The van der Waals surface area contributed by atoms with Gasteiger partial charge in [0.05, 0.1) is 10.2 Å². The maximum Gasteiger partial charge on any atom is 0.345 e. The Morgan fingerprint density at radius 2 is 2.05 bits per heavy atom. The maximum atomic E-state index is 13.6. The molecule has 0 unspecified atom stereocenters. The summed E-state index contributed by atoms with van der Waals surface area (Å²) in [5, 5.41) is 11.7. The summed E-state index contributed by atoms with van der Waals surface area (Å²) in [7, 11) is 0. The minimum absolute atomic E-state index is 0.0353. The molecular weight excluding hydrogens is 352 g/mol. The van der Waals surface area contributed by atoms with Crippen LogP contribution in [0.4, 0.5) is 14.5 Å². The van der Waals surface area contributed by atoms with Crippen molar-refractivity contribution in [1.29, 1.82) is 0 Å². The highest BCUT2D eigenvalue weighted by Gasteiger charge is 2.12. The topological polar surface area (TPSA) is 49.3 Å². The van der Waals surface area contributed by atoms with E-state index in [0.717, 1.165) is 33.9 Å². The van der Waals surface area contributed by atoms with Crippen LogP contribution in [0.25, 0.3) is 0 Å². The van der Waals surface area contributed by atoms with Gasteiger partial charge in [-0.3, -0.25) is 0 Å². The van der Waals surface area contributed by atoms with Crippen LogP contribution in [0, 0.1) is 18.6 Å². The highest BCUT2D eigenvalue weighted by molar-refractivity contribution is 9.10. The number of carbonyl (C=O) groups is 1. The second-order valence-electron chi connectivity index (χ2n) is 4.10. The quantitative estimate of drug-likeness (QED) is 0.793. The first-order valence-electron chi connectivity index (χ1n) is 5.59. The fraction of sp³-hybridized carbons (Fsp3) is 0.154. The van der Waals surface area contributed by atoms with E-state index in [-0.39, 0.29) is 21.6 Å². The number of anilines is 1. The number of hydrogen-bond donors (Lipinski definition) is 2. The van der Waals surface area contributed by atoms with Crippen molar-refractivity contribution in [2.45, 2.75) is 13.5 Å². The predicted molar refractivity (Wildman–Crippen MR) is 77.4 cm³/mol. The molecule has 20 heavy (non-hydrogen) atoms. The number of halogens is 3. The van der Waals surface area contributed by atoms with Crippen LogP contribution >= 0.6 is 27.3 Å². The summed E-state index contributed by atoms with van der Waals surface area (Å²) in [4.78, 5) is 11.9. The number of aromatic carboxylic acids is 1. The molecule has 0 atom stereocenters. The van der Waals surface area contributed by atoms with Gasteiger partial charge in [0.25, 0.3) is 0 Å². The monoisotopic (exact) mass is 361 g/mol. The Balaban J connectivity index is 2.17. The van der Waals surface area contributed by atoms with Gasteiger partial charge in [0.15, 0.2) is 0 Å². The lowest BCUT2D eigenvalue weighted by Crippen LogP contribution is -2.02. The molecule has 0 amide bonds. The van der Waals surface area contributed by atoms with Crippen molar-refractivity contribution >= 4 is 38.9 Å². The normalized spacial score (nSPS) is 10.6. The number of carboxylic acid groups (broad SMARTS) is 1. The minimum atomic E-state index is -0.995. The van der Waals surface area contributed by atoms with E-state index in [2.05, 4.69) is 21.2 Å². The Kier molecular flexibility index (Phi) is 4.39. The maximum absolute atomic E-state index is 13.6. The van der Waals surface area contributed by atoms with Crippen LogP contribution in [0.2, 0.25) is 0 Å². The van der Waals surface area contributed by atoms with Crippen molar-refractivity contribution in [2.24, 2.45) is 0 Å². The third kappa shape index (κ3) is 3.16. The molecule has 0 aliphatic heterocycles. The number of nitrogens with one attached hydrogen (secondary N) is 1. The van der Waals surface area contributed by atoms with Gasteiger partial charge < -0.3 is 10.4 Å². The Morgan fingerprint density at radius 3 is 2.65 bits per heavy atom.